The molecule has 1 N–H and O–H groups in total. The fraction of sp³-hybridized carbons (Fsp3) is 0.647. The number of carbonyl (C=O) groups excluding carboxylic acids is 1. The monoisotopic (exact) mass is 344 g/mol. The number of carbonyl (C=O) groups is 1. The van der Waals surface area contributed by atoms with Crippen molar-refractivity contribution in [1.82, 2.24) is 24.8 Å². The summed E-state index contributed by atoms with van der Waals surface area (Å²) in [5.74, 6) is 2.66. The van der Waals surface area contributed by atoms with Gasteiger partial charge in [0.2, 0.25) is 11.8 Å². The Morgan fingerprint density at radius 2 is 2.28 bits per heavy atom. The van der Waals surface area contributed by atoms with Crippen molar-refractivity contribution in [3.8, 4) is 0 Å². The zero-order valence-electron chi connectivity index (χ0n) is 14.7. The smallest absolute Gasteiger partial charge is 0.239 e. The summed E-state index contributed by atoms with van der Waals surface area (Å²) in [7, 11) is 0. The van der Waals surface area contributed by atoms with Gasteiger partial charge in [-0.25, -0.2) is 4.68 Å². The summed E-state index contributed by atoms with van der Waals surface area (Å²) in [5.41, 5.74) is 0. The molecule has 2 fully saturated rings. The fourth-order valence-electron chi connectivity index (χ4n) is 3.64. The van der Waals surface area contributed by atoms with Gasteiger partial charge >= 0.3 is 0 Å². The first-order valence-corrected chi connectivity index (χ1v) is 8.99. The summed E-state index contributed by atoms with van der Waals surface area (Å²) in [6, 6.07) is 2.24. The summed E-state index contributed by atoms with van der Waals surface area (Å²) in [6.07, 6.45) is 6.21. The van der Waals surface area contributed by atoms with Crippen LogP contribution in [0, 0.1) is 12.8 Å². The number of amides is 1. The minimum Gasteiger partial charge on any atom is -0.340 e. The molecule has 2 aromatic heterocycles. The Labute approximate surface area is 146 Å². The lowest BCUT2D eigenvalue weighted by molar-refractivity contribution is -0.117. The molecule has 2 aromatic rings. The molecule has 1 amide bonds. The number of nitrogens with one attached hydrogen (secondary N) is 1. The number of aryl methyl sites for hydroxylation is 1. The van der Waals surface area contributed by atoms with Crippen LogP contribution in [0.4, 0.5) is 5.82 Å². The van der Waals surface area contributed by atoms with Crippen LogP contribution in [0.15, 0.2) is 16.8 Å². The van der Waals surface area contributed by atoms with Gasteiger partial charge in [0.1, 0.15) is 5.82 Å². The topological polar surface area (TPSA) is 89.1 Å². The Morgan fingerprint density at radius 1 is 1.44 bits per heavy atom. The molecular formula is C17H24N6O2. The third kappa shape index (κ3) is 3.44. The molecule has 1 aliphatic carbocycles. The molecule has 0 spiro atoms. The van der Waals surface area contributed by atoms with Crippen LogP contribution >= 0.6 is 0 Å². The highest BCUT2D eigenvalue weighted by Gasteiger charge is 2.32. The lowest BCUT2D eigenvalue weighted by atomic mass is 10.2. The molecule has 0 radical (unpaired) electrons. The van der Waals surface area contributed by atoms with Crippen LogP contribution in [0.1, 0.15) is 56.4 Å². The van der Waals surface area contributed by atoms with E-state index in [0.29, 0.717) is 30.2 Å². The number of hydrogen-bond donors (Lipinski definition) is 1. The maximum atomic E-state index is 12.6. The van der Waals surface area contributed by atoms with Crippen LogP contribution < -0.4 is 5.32 Å². The molecule has 3 heterocycles. The summed E-state index contributed by atoms with van der Waals surface area (Å²) in [4.78, 5) is 19.0. The molecule has 1 saturated heterocycles. The van der Waals surface area contributed by atoms with Gasteiger partial charge in [0.15, 0.2) is 5.82 Å². The van der Waals surface area contributed by atoms with E-state index in [0.717, 1.165) is 25.2 Å². The third-order valence-corrected chi connectivity index (χ3v) is 5.18. The number of nitrogens with zero attached hydrogens (tertiary/aromatic N) is 5. The van der Waals surface area contributed by atoms with Crippen LogP contribution in [-0.4, -0.2) is 43.8 Å². The van der Waals surface area contributed by atoms with E-state index in [2.05, 4.69) is 32.4 Å². The molecule has 134 valence electrons. The SMILES string of the molecule is Cc1nc([C@@H]2CCCN2CC(=O)Nc2ccnn2[C@@H](C)C2CC2)no1. The molecule has 0 aromatic carbocycles. The number of rotatable bonds is 6. The van der Waals surface area contributed by atoms with Crippen LogP contribution in [0.3, 0.4) is 0 Å². The van der Waals surface area contributed by atoms with Crippen molar-refractivity contribution in [3.63, 3.8) is 0 Å². The maximum absolute atomic E-state index is 12.6. The molecule has 4 rings (SSSR count). The van der Waals surface area contributed by atoms with Gasteiger partial charge in [0.05, 0.1) is 24.8 Å². The lowest BCUT2D eigenvalue weighted by Crippen LogP contribution is -2.34. The highest BCUT2D eigenvalue weighted by molar-refractivity contribution is 5.91. The molecule has 2 atom stereocenters. The summed E-state index contributed by atoms with van der Waals surface area (Å²) < 4.78 is 7.02. The van der Waals surface area contributed by atoms with E-state index >= 15 is 0 Å². The van der Waals surface area contributed by atoms with Crippen LogP contribution in [0.5, 0.6) is 0 Å². The van der Waals surface area contributed by atoms with E-state index in [4.69, 9.17) is 4.52 Å². The predicted molar refractivity (Wildman–Crippen MR) is 90.9 cm³/mol. The minimum atomic E-state index is -0.0307. The zero-order valence-corrected chi connectivity index (χ0v) is 14.7. The van der Waals surface area contributed by atoms with Gasteiger partial charge in [0.25, 0.3) is 0 Å². The first-order valence-electron chi connectivity index (χ1n) is 8.99. The second kappa shape index (κ2) is 6.59. The van der Waals surface area contributed by atoms with Crippen molar-refractivity contribution >= 4 is 11.7 Å². The van der Waals surface area contributed by atoms with Gasteiger partial charge in [-0.2, -0.15) is 10.1 Å². The Balaban J connectivity index is 1.40. The van der Waals surface area contributed by atoms with E-state index in [1.807, 2.05) is 10.7 Å². The summed E-state index contributed by atoms with van der Waals surface area (Å²) >= 11 is 0. The quantitative estimate of drug-likeness (QED) is 0.865. The highest BCUT2D eigenvalue weighted by Crippen LogP contribution is 2.40. The van der Waals surface area contributed by atoms with Gasteiger partial charge in [-0.3, -0.25) is 9.69 Å². The second-order valence-corrected chi connectivity index (χ2v) is 7.09. The van der Waals surface area contributed by atoms with Gasteiger partial charge in [-0.1, -0.05) is 5.16 Å². The van der Waals surface area contributed by atoms with E-state index < -0.39 is 0 Å². The summed E-state index contributed by atoms with van der Waals surface area (Å²) in [6.45, 7) is 5.13. The van der Waals surface area contributed by atoms with Crippen LogP contribution in [-0.2, 0) is 4.79 Å². The van der Waals surface area contributed by atoms with Crippen LogP contribution in [0.25, 0.3) is 0 Å². The number of likely N-dealkylation sites (tertiary alicyclic amines) is 1. The molecule has 8 nitrogen and oxygen atoms in total. The molecule has 2 aliphatic rings. The van der Waals surface area contributed by atoms with E-state index in [1.165, 1.54) is 12.8 Å². The lowest BCUT2D eigenvalue weighted by Gasteiger charge is -2.21. The highest BCUT2D eigenvalue weighted by atomic mass is 16.5. The normalized spacial score (nSPS) is 22.2. The molecule has 0 bridgehead atoms. The van der Waals surface area contributed by atoms with Gasteiger partial charge < -0.3 is 9.84 Å². The van der Waals surface area contributed by atoms with Crippen molar-refractivity contribution in [2.45, 2.75) is 51.6 Å². The second-order valence-electron chi connectivity index (χ2n) is 7.09. The van der Waals surface area contributed by atoms with Gasteiger partial charge in [-0.05, 0) is 45.1 Å². The van der Waals surface area contributed by atoms with E-state index in [1.54, 1.807) is 13.1 Å². The Bertz CT molecular complexity index is 750. The molecule has 0 unspecified atom stereocenters. The van der Waals surface area contributed by atoms with Gasteiger partial charge in [-0.15, -0.1) is 0 Å². The Hall–Kier alpha value is -2.22. The molecular weight excluding hydrogens is 320 g/mol. The standard InChI is InChI=1S/C17H24N6O2/c1-11(13-5-6-13)23-15(7-8-18-23)20-16(24)10-22-9-3-4-14(22)17-19-12(2)25-21-17/h7-8,11,13-14H,3-6,9-10H2,1-2H3,(H,20,24)/t11-,14-/m0/s1. The largest absolute Gasteiger partial charge is 0.340 e. The third-order valence-electron chi connectivity index (χ3n) is 5.18. The Kier molecular flexibility index (Phi) is 4.29. The maximum Gasteiger partial charge on any atom is 0.239 e. The van der Waals surface area contributed by atoms with E-state index in [9.17, 15) is 4.79 Å². The number of hydrogen-bond acceptors (Lipinski definition) is 6. The average molecular weight is 344 g/mol. The first-order chi connectivity index (χ1) is 12.1. The first kappa shape index (κ1) is 16.3. The van der Waals surface area contributed by atoms with Gasteiger partial charge in [0, 0.05) is 13.0 Å². The predicted octanol–water partition coefficient (Wildman–Crippen LogP) is 2.32. The van der Waals surface area contributed by atoms with Crippen molar-refractivity contribution in [3.05, 3.63) is 24.0 Å². The number of anilines is 1. The minimum absolute atomic E-state index is 0.0307. The van der Waals surface area contributed by atoms with Crippen molar-refractivity contribution in [2.75, 3.05) is 18.4 Å². The van der Waals surface area contributed by atoms with Crippen molar-refractivity contribution in [2.24, 2.45) is 5.92 Å². The molecule has 1 saturated carbocycles. The van der Waals surface area contributed by atoms with Crippen molar-refractivity contribution < 1.29 is 9.32 Å². The average Bonchev–Trinajstić information content (AvgIpc) is 2.94. The molecule has 25 heavy (non-hydrogen) atoms. The zero-order chi connectivity index (χ0) is 17.4. The molecule has 8 heteroatoms. The van der Waals surface area contributed by atoms with Crippen LogP contribution in [0.2, 0.25) is 0 Å². The van der Waals surface area contributed by atoms with Crippen molar-refractivity contribution in [1.29, 1.82) is 0 Å². The van der Waals surface area contributed by atoms with E-state index in [-0.39, 0.29) is 11.9 Å². The number of aromatic nitrogens is 4. The fourth-order valence-corrected chi connectivity index (χ4v) is 3.64. The Morgan fingerprint density at radius 3 is 3.00 bits per heavy atom. The summed E-state index contributed by atoms with van der Waals surface area (Å²) in [5, 5.41) is 11.4. The molecule has 1 aliphatic heterocycles.